The monoisotopic (exact) mass is 144 g/mol. The second-order valence-corrected chi connectivity index (χ2v) is 2.32. The summed E-state index contributed by atoms with van der Waals surface area (Å²) in [5, 5.41) is 4.81. The first-order chi connectivity index (χ1) is 4.24. The van der Waals surface area contributed by atoms with E-state index in [4.69, 9.17) is 11.6 Å². The van der Waals surface area contributed by atoms with E-state index in [0.717, 1.165) is 12.1 Å². The highest BCUT2D eigenvalue weighted by Crippen LogP contribution is 2.08. The molecule has 0 N–H and O–H groups in total. The van der Waals surface area contributed by atoms with Crippen molar-refractivity contribution in [3.05, 3.63) is 16.9 Å². The van der Waals surface area contributed by atoms with E-state index in [2.05, 4.69) is 12.0 Å². The smallest absolute Gasteiger partial charge is 0.126 e. The van der Waals surface area contributed by atoms with Crippen LogP contribution in [0.25, 0.3) is 0 Å². The van der Waals surface area contributed by atoms with Gasteiger partial charge in [0.15, 0.2) is 0 Å². The third-order valence-electron chi connectivity index (χ3n) is 1.24. The molecule has 0 atom stereocenters. The van der Waals surface area contributed by atoms with Crippen molar-refractivity contribution in [1.82, 2.24) is 9.78 Å². The molecule has 1 heterocycles. The standard InChI is InChI=1S/C6H9ClN2/c1-3-5-4-6(7)9(2)8-5/h4H,3H2,1-2H3. The zero-order valence-corrected chi connectivity index (χ0v) is 6.31. The maximum atomic E-state index is 5.71. The largest absolute Gasteiger partial charge is 0.257 e. The molecule has 1 aromatic rings. The highest BCUT2D eigenvalue weighted by molar-refractivity contribution is 6.29. The van der Waals surface area contributed by atoms with Gasteiger partial charge >= 0.3 is 0 Å². The van der Waals surface area contributed by atoms with E-state index in [-0.39, 0.29) is 0 Å². The minimum Gasteiger partial charge on any atom is -0.257 e. The van der Waals surface area contributed by atoms with Gasteiger partial charge in [-0.3, -0.25) is 4.68 Å². The molecule has 0 radical (unpaired) electrons. The third kappa shape index (κ3) is 1.24. The summed E-state index contributed by atoms with van der Waals surface area (Å²) in [4.78, 5) is 0. The fourth-order valence-electron chi connectivity index (χ4n) is 0.673. The number of aryl methyl sites for hydroxylation is 2. The minimum absolute atomic E-state index is 0.701. The molecule has 0 saturated heterocycles. The topological polar surface area (TPSA) is 17.8 Å². The molecular weight excluding hydrogens is 136 g/mol. The van der Waals surface area contributed by atoms with Gasteiger partial charge in [-0.15, -0.1) is 0 Å². The lowest BCUT2D eigenvalue weighted by Crippen LogP contribution is -1.90. The van der Waals surface area contributed by atoms with Crippen LogP contribution in [-0.4, -0.2) is 9.78 Å². The molecule has 0 aliphatic rings. The molecule has 0 aliphatic carbocycles. The molecule has 0 bridgehead atoms. The van der Waals surface area contributed by atoms with E-state index in [9.17, 15) is 0 Å². The van der Waals surface area contributed by atoms with Crippen molar-refractivity contribution in [3.63, 3.8) is 0 Å². The molecule has 3 heteroatoms. The Bertz CT molecular complexity index is 185. The van der Waals surface area contributed by atoms with E-state index < -0.39 is 0 Å². The van der Waals surface area contributed by atoms with Gasteiger partial charge in [0.2, 0.25) is 0 Å². The van der Waals surface area contributed by atoms with Crippen molar-refractivity contribution < 1.29 is 0 Å². The number of nitrogens with zero attached hydrogens (tertiary/aromatic N) is 2. The van der Waals surface area contributed by atoms with E-state index in [1.165, 1.54) is 0 Å². The van der Waals surface area contributed by atoms with Crippen molar-refractivity contribution in [1.29, 1.82) is 0 Å². The first-order valence-corrected chi connectivity index (χ1v) is 3.30. The van der Waals surface area contributed by atoms with Crippen LogP contribution < -0.4 is 0 Å². The van der Waals surface area contributed by atoms with Crippen LogP contribution in [0, 0.1) is 0 Å². The van der Waals surface area contributed by atoms with Gasteiger partial charge in [-0.1, -0.05) is 18.5 Å². The van der Waals surface area contributed by atoms with Gasteiger partial charge < -0.3 is 0 Å². The van der Waals surface area contributed by atoms with Crippen LogP contribution in [0.4, 0.5) is 0 Å². The zero-order chi connectivity index (χ0) is 6.85. The predicted octanol–water partition coefficient (Wildman–Crippen LogP) is 1.64. The molecule has 50 valence electrons. The van der Waals surface area contributed by atoms with Gasteiger partial charge in [-0.2, -0.15) is 5.10 Å². The van der Waals surface area contributed by atoms with Crippen molar-refractivity contribution in [3.8, 4) is 0 Å². The molecule has 1 rings (SSSR count). The fraction of sp³-hybridized carbons (Fsp3) is 0.500. The molecule has 0 spiro atoms. The van der Waals surface area contributed by atoms with Crippen LogP contribution in [-0.2, 0) is 13.5 Å². The SMILES string of the molecule is CCc1cc(Cl)n(C)n1. The van der Waals surface area contributed by atoms with E-state index in [1.807, 2.05) is 13.1 Å². The Morgan fingerprint density at radius 2 is 2.44 bits per heavy atom. The van der Waals surface area contributed by atoms with Crippen LogP contribution in [0.1, 0.15) is 12.6 Å². The van der Waals surface area contributed by atoms with Crippen molar-refractivity contribution >= 4 is 11.6 Å². The summed E-state index contributed by atoms with van der Waals surface area (Å²) >= 11 is 5.71. The third-order valence-corrected chi connectivity index (χ3v) is 1.59. The molecule has 2 nitrogen and oxygen atoms in total. The zero-order valence-electron chi connectivity index (χ0n) is 5.56. The lowest BCUT2D eigenvalue weighted by atomic mass is 10.4. The quantitative estimate of drug-likeness (QED) is 0.586. The van der Waals surface area contributed by atoms with E-state index >= 15 is 0 Å². The molecular formula is C6H9ClN2. The summed E-state index contributed by atoms with van der Waals surface area (Å²) in [5.74, 6) is 0. The first-order valence-electron chi connectivity index (χ1n) is 2.92. The highest BCUT2D eigenvalue weighted by atomic mass is 35.5. The Morgan fingerprint density at radius 1 is 1.78 bits per heavy atom. The number of hydrogen-bond donors (Lipinski definition) is 0. The van der Waals surface area contributed by atoms with Crippen LogP contribution in [0.2, 0.25) is 5.15 Å². The second-order valence-electron chi connectivity index (χ2n) is 1.94. The van der Waals surface area contributed by atoms with E-state index in [0.29, 0.717) is 5.15 Å². The summed E-state index contributed by atoms with van der Waals surface area (Å²) in [6.45, 7) is 2.05. The Balaban J connectivity index is 2.98. The lowest BCUT2D eigenvalue weighted by molar-refractivity contribution is 0.747. The second kappa shape index (κ2) is 2.40. The molecule has 1 aromatic heterocycles. The summed E-state index contributed by atoms with van der Waals surface area (Å²) in [6.07, 6.45) is 0.945. The van der Waals surface area contributed by atoms with Crippen LogP contribution >= 0.6 is 11.6 Å². The maximum Gasteiger partial charge on any atom is 0.126 e. The highest BCUT2D eigenvalue weighted by Gasteiger charge is 1.97. The van der Waals surface area contributed by atoms with Crippen LogP contribution in [0.15, 0.2) is 6.07 Å². The van der Waals surface area contributed by atoms with Gasteiger partial charge in [-0.25, -0.2) is 0 Å². The average molecular weight is 145 g/mol. The Labute approximate surface area is 59.4 Å². The van der Waals surface area contributed by atoms with Crippen molar-refractivity contribution in [2.75, 3.05) is 0 Å². The molecule has 0 saturated carbocycles. The van der Waals surface area contributed by atoms with Gasteiger partial charge in [-0.05, 0) is 12.5 Å². The number of rotatable bonds is 1. The minimum atomic E-state index is 0.701. The summed E-state index contributed by atoms with van der Waals surface area (Å²) in [6, 6.07) is 1.88. The van der Waals surface area contributed by atoms with E-state index in [1.54, 1.807) is 4.68 Å². The van der Waals surface area contributed by atoms with Gasteiger partial charge in [0, 0.05) is 7.05 Å². The van der Waals surface area contributed by atoms with Gasteiger partial charge in [0.05, 0.1) is 5.69 Å². The van der Waals surface area contributed by atoms with Crippen LogP contribution in [0.5, 0.6) is 0 Å². The molecule has 0 fully saturated rings. The first kappa shape index (κ1) is 6.62. The molecule has 0 unspecified atom stereocenters. The Hall–Kier alpha value is -0.500. The molecule has 0 aromatic carbocycles. The molecule has 9 heavy (non-hydrogen) atoms. The Kier molecular flexibility index (Phi) is 1.76. The summed E-state index contributed by atoms with van der Waals surface area (Å²) < 4.78 is 1.67. The summed E-state index contributed by atoms with van der Waals surface area (Å²) in [7, 11) is 1.83. The number of aromatic nitrogens is 2. The molecule has 0 aliphatic heterocycles. The average Bonchev–Trinajstić information content (AvgIpc) is 2.13. The molecule has 0 amide bonds. The lowest BCUT2D eigenvalue weighted by Gasteiger charge is -1.86. The Morgan fingerprint density at radius 3 is 2.67 bits per heavy atom. The van der Waals surface area contributed by atoms with Gasteiger partial charge in [0.1, 0.15) is 5.15 Å². The predicted molar refractivity (Wildman–Crippen MR) is 37.6 cm³/mol. The normalized spacial score (nSPS) is 10.1. The number of hydrogen-bond acceptors (Lipinski definition) is 1. The maximum absolute atomic E-state index is 5.71. The van der Waals surface area contributed by atoms with Crippen molar-refractivity contribution in [2.24, 2.45) is 7.05 Å². The van der Waals surface area contributed by atoms with Crippen LogP contribution in [0.3, 0.4) is 0 Å². The van der Waals surface area contributed by atoms with Crippen molar-refractivity contribution in [2.45, 2.75) is 13.3 Å². The summed E-state index contributed by atoms with van der Waals surface area (Å²) in [5.41, 5.74) is 1.04. The number of halogens is 1. The fourth-order valence-corrected chi connectivity index (χ4v) is 0.837. The van der Waals surface area contributed by atoms with Gasteiger partial charge in [0.25, 0.3) is 0 Å².